The lowest BCUT2D eigenvalue weighted by atomic mass is 9.68. The second kappa shape index (κ2) is 4.86. The summed E-state index contributed by atoms with van der Waals surface area (Å²) in [6.45, 7) is 3.59. The third-order valence-electron chi connectivity index (χ3n) is 6.42. The predicted octanol–water partition coefficient (Wildman–Crippen LogP) is 0.0656. The molecule has 6 saturated heterocycles. The minimum Gasteiger partial charge on any atom is -0.394 e. The van der Waals surface area contributed by atoms with Gasteiger partial charge in [0.2, 0.25) is 0 Å². The van der Waals surface area contributed by atoms with Crippen LogP contribution in [0.4, 0.5) is 0 Å². The molecule has 1 N–H and O–H groups in total. The summed E-state index contributed by atoms with van der Waals surface area (Å²) in [4.78, 5) is 29.8. The number of Topliss-reactive ketones (excluding diaryl/α,β-unsaturated/α-hetero) is 2. The highest BCUT2D eigenvalue weighted by atomic mass is 16.3. The Morgan fingerprint density at radius 1 is 1.00 bits per heavy atom. The Labute approximate surface area is 125 Å². The van der Waals surface area contributed by atoms with Crippen LogP contribution in [0.3, 0.4) is 0 Å². The summed E-state index contributed by atoms with van der Waals surface area (Å²) in [6, 6.07) is -0.145. The molecule has 5 heteroatoms. The van der Waals surface area contributed by atoms with Gasteiger partial charge in [-0.1, -0.05) is 0 Å². The number of aliphatic hydroxyl groups excluding tert-OH is 1. The van der Waals surface area contributed by atoms with Crippen LogP contribution >= 0.6 is 0 Å². The second-order valence-electron chi connectivity index (χ2n) is 7.25. The standard InChI is InChI=1S/C16H24N2O3/c19-10-16(15(21)12-3-7-18(16)8-4-12)9-13-14(20)11-1-5-17(13)6-2-11/h11-13,19H,1-10H2. The van der Waals surface area contributed by atoms with E-state index in [2.05, 4.69) is 9.80 Å². The Bertz CT molecular complexity index is 464. The Kier molecular flexibility index (Phi) is 3.21. The van der Waals surface area contributed by atoms with Crippen molar-refractivity contribution in [3.63, 3.8) is 0 Å². The third-order valence-corrected chi connectivity index (χ3v) is 6.42. The highest BCUT2D eigenvalue weighted by Crippen LogP contribution is 2.41. The van der Waals surface area contributed by atoms with Crippen LogP contribution < -0.4 is 0 Å². The fourth-order valence-electron chi connectivity index (χ4n) is 5.07. The molecule has 0 amide bonds. The second-order valence-corrected chi connectivity index (χ2v) is 7.25. The number of aliphatic hydroxyl groups is 1. The molecule has 6 rings (SSSR count). The van der Waals surface area contributed by atoms with Gasteiger partial charge >= 0.3 is 0 Å². The molecule has 0 aromatic carbocycles. The van der Waals surface area contributed by atoms with E-state index in [4.69, 9.17) is 0 Å². The van der Waals surface area contributed by atoms with E-state index in [0.29, 0.717) is 12.2 Å². The molecule has 0 spiro atoms. The first kappa shape index (κ1) is 13.9. The fourth-order valence-corrected chi connectivity index (χ4v) is 5.07. The van der Waals surface area contributed by atoms with Crippen LogP contribution in [0, 0.1) is 11.8 Å². The molecule has 0 aromatic rings. The first-order valence-electron chi connectivity index (χ1n) is 8.34. The average Bonchev–Trinajstić information content (AvgIpc) is 2.55. The third kappa shape index (κ3) is 1.87. The van der Waals surface area contributed by atoms with E-state index in [1.54, 1.807) is 0 Å². The van der Waals surface area contributed by atoms with Crippen LogP contribution in [-0.2, 0) is 9.59 Å². The molecular formula is C16H24N2O3. The highest BCUT2D eigenvalue weighted by Gasteiger charge is 2.56. The lowest BCUT2D eigenvalue weighted by Gasteiger charge is -2.55. The van der Waals surface area contributed by atoms with Gasteiger partial charge in [0.15, 0.2) is 11.6 Å². The van der Waals surface area contributed by atoms with E-state index in [-0.39, 0.29) is 30.3 Å². The van der Waals surface area contributed by atoms with Crippen molar-refractivity contribution in [2.24, 2.45) is 11.8 Å². The van der Waals surface area contributed by atoms with Crippen molar-refractivity contribution in [2.45, 2.75) is 43.7 Å². The van der Waals surface area contributed by atoms with Gasteiger partial charge in [-0.2, -0.15) is 0 Å². The number of piperidine rings is 6. The molecule has 4 bridgehead atoms. The summed E-state index contributed by atoms with van der Waals surface area (Å²) in [5.74, 6) is 0.809. The number of hydrogen-bond donors (Lipinski definition) is 1. The molecule has 6 aliphatic heterocycles. The molecule has 6 fully saturated rings. The van der Waals surface area contributed by atoms with Crippen LogP contribution in [0.25, 0.3) is 0 Å². The van der Waals surface area contributed by atoms with Crippen LogP contribution in [0.15, 0.2) is 0 Å². The van der Waals surface area contributed by atoms with E-state index < -0.39 is 5.54 Å². The molecule has 0 saturated carbocycles. The van der Waals surface area contributed by atoms with E-state index in [1.807, 2.05) is 0 Å². The molecule has 2 atom stereocenters. The molecule has 0 aliphatic carbocycles. The molecule has 21 heavy (non-hydrogen) atoms. The van der Waals surface area contributed by atoms with Crippen molar-refractivity contribution < 1.29 is 14.7 Å². The quantitative estimate of drug-likeness (QED) is 0.797. The SMILES string of the molecule is O=C1C2CCN(CC2)C1CC1(CO)C(=O)C2CCN1CC2. The van der Waals surface area contributed by atoms with Gasteiger partial charge in [-0.05, 0) is 58.3 Å². The van der Waals surface area contributed by atoms with E-state index in [1.165, 1.54) is 0 Å². The first-order chi connectivity index (χ1) is 10.2. The maximum atomic E-state index is 12.8. The molecule has 116 valence electrons. The molecule has 2 unspecified atom stereocenters. The van der Waals surface area contributed by atoms with Crippen molar-refractivity contribution in [3.8, 4) is 0 Å². The van der Waals surface area contributed by atoms with Gasteiger partial charge in [0, 0.05) is 11.8 Å². The number of carbonyl (C=O) groups is 2. The zero-order chi connectivity index (χ0) is 14.6. The largest absolute Gasteiger partial charge is 0.394 e. The van der Waals surface area contributed by atoms with Gasteiger partial charge in [0.05, 0.1) is 12.6 Å². The van der Waals surface area contributed by atoms with E-state index in [9.17, 15) is 14.7 Å². The van der Waals surface area contributed by atoms with E-state index >= 15 is 0 Å². The summed E-state index contributed by atoms with van der Waals surface area (Å²) in [5.41, 5.74) is -0.779. The minimum absolute atomic E-state index is 0.105. The summed E-state index contributed by atoms with van der Waals surface area (Å²) in [6.07, 6.45) is 4.30. The van der Waals surface area contributed by atoms with Gasteiger partial charge in [-0.25, -0.2) is 0 Å². The van der Waals surface area contributed by atoms with E-state index in [0.717, 1.165) is 51.9 Å². The first-order valence-corrected chi connectivity index (χ1v) is 8.34. The van der Waals surface area contributed by atoms with Crippen molar-refractivity contribution in [1.82, 2.24) is 9.80 Å². The zero-order valence-corrected chi connectivity index (χ0v) is 12.5. The molecule has 0 radical (unpaired) electrons. The molecule has 6 heterocycles. The van der Waals surface area contributed by atoms with Gasteiger partial charge in [-0.15, -0.1) is 0 Å². The molecule has 6 aliphatic rings. The number of carbonyl (C=O) groups excluding carboxylic acids is 2. The summed E-state index contributed by atoms with van der Waals surface area (Å²) in [5, 5.41) is 10.0. The summed E-state index contributed by atoms with van der Waals surface area (Å²) in [7, 11) is 0. The number of rotatable bonds is 3. The highest BCUT2D eigenvalue weighted by molar-refractivity contribution is 5.94. The Morgan fingerprint density at radius 2 is 1.62 bits per heavy atom. The normalized spacial score (nSPS) is 48.9. The fraction of sp³-hybridized carbons (Fsp3) is 0.875. The number of nitrogens with zero attached hydrogens (tertiary/aromatic N) is 2. The van der Waals surface area contributed by atoms with Crippen LogP contribution in [0.2, 0.25) is 0 Å². The zero-order valence-electron chi connectivity index (χ0n) is 12.5. The topological polar surface area (TPSA) is 60.9 Å². The van der Waals surface area contributed by atoms with Crippen molar-refractivity contribution >= 4 is 11.6 Å². The lowest BCUT2D eigenvalue weighted by molar-refractivity contribution is -0.158. The molecule has 5 nitrogen and oxygen atoms in total. The van der Waals surface area contributed by atoms with Gasteiger partial charge in [-0.3, -0.25) is 19.4 Å². The maximum Gasteiger partial charge on any atom is 0.158 e. The van der Waals surface area contributed by atoms with Crippen molar-refractivity contribution in [2.75, 3.05) is 32.8 Å². The van der Waals surface area contributed by atoms with Gasteiger partial charge in [0.1, 0.15) is 5.54 Å². The van der Waals surface area contributed by atoms with Gasteiger partial charge < -0.3 is 5.11 Å². The van der Waals surface area contributed by atoms with Gasteiger partial charge in [0.25, 0.3) is 0 Å². The lowest BCUT2D eigenvalue weighted by Crippen LogP contribution is -2.70. The summed E-state index contributed by atoms with van der Waals surface area (Å²) < 4.78 is 0. The monoisotopic (exact) mass is 292 g/mol. The Morgan fingerprint density at radius 3 is 2.14 bits per heavy atom. The Balaban J connectivity index is 1.62. The predicted molar refractivity (Wildman–Crippen MR) is 76.8 cm³/mol. The number of ketones is 2. The molecular weight excluding hydrogens is 268 g/mol. The van der Waals surface area contributed by atoms with Crippen LogP contribution in [0.1, 0.15) is 32.1 Å². The van der Waals surface area contributed by atoms with Crippen LogP contribution in [-0.4, -0.2) is 70.8 Å². The number of fused-ring (bicyclic) bond motifs is 6. The average molecular weight is 292 g/mol. The maximum absolute atomic E-state index is 12.8. The van der Waals surface area contributed by atoms with Crippen LogP contribution in [0.5, 0.6) is 0 Å². The summed E-state index contributed by atoms with van der Waals surface area (Å²) >= 11 is 0. The smallest absolute Gasteiger partial charge is 0.158 e. The number of hydrogen-bond acceptors (Lipinski definition) is 5. The van der Waals surface area contributed by atoms with Crippen molar-refractivity contribution in [1.29, 1.82) is 0 Å². The Hall–Kier alpha value is -0.780. The molecule has 0 aromatic heterocycles. The minimum atomic E-state index is -0.779. The van der Waals surface area contributed by atoms with Crippen molar-refractivity contribution in [3.05, 3.63) is 0 Å².